The van der Waals surface area contributed by atoms with Gasteiger partial charge in [-0.25, -0.2) is 4.98 Å². The Balaban J connectivity index is 1.97. The van der Waals surface area contributed by atoms with Crippen LogP contribution in [-0.4, -0.2) is 26.9 Å². The zero-order valence-corrected chi connectivity index (χ0v) is 9.41. The quantitative estimate of drug-likeness (QED) is 0.819. The molecule has 5 heteroatoms. The normalized spacial score (nSPS) is 27.8. The molecule has 2 rings (SSSR count). The van der Waals surface area contributed by atoms with Crippen LogP contribution in [0.4, 0.5) is 5.13 Å². The lowest BCUT2D eigenvalue weighted by molar-refractivity contribution is 0.599. The number of hydrogen-bond donors (Lipinski definition) is 1. The fourth-order valence-electron chi connectivity index (χ4n) is 1.36. The Morgan fingerprint density at radius 1 is 1.46 bits per heavy atom. The standard InChI is InChI=1S/C8H13N3S2/c1-5-3-12-4-7(5)10-8-9-6(2)11-13-8/h5,7H,3-4H2,1-2H3,(H,9,10,11). The van der Waals surface area contributed by atoms with Crippen molar-refractivity contribution in [2.75, 3.05) is 16.8 Å². The van der Waals surface area contributed by atoms with Crippen molar-refractivity contribution >= 4 is 28.4 Å². The summed E-state index contributed by atoms with van der Waals surface area (Å²) in [5.74, 6) is 4.06. The first-order valence-corrected chi connectivity index (χ1v) is 6.33. The molecule has 2 atom stereocenters. The van der Waals surface area contributed by atoms with Gasteiger partial charge in [-0.2, -0.15) is 16.1 Å². The summed E-state index contributed by atoms with van der Waals surface area (Å²) in [6.45, 7) is 4.21. The molecule has 1 N–H and O–H groups in total. The smallest absolute Gasteiger partial charge is 0.202 e. The van der Waals surface area contributed by atoms with Gasteiger partial charge in [0.05, 0.1) is 0 Å². The van der Waals surface area contributed by atoms with Gasteiger partial charge in [0.1, 0.15) is 5.82 Å². The van der Waals surface area contributed by atoms with Gasteiger partial charge in [-0.15, -0.1) is 0 Å². The third kappa shape index (κ3) is 2.14. The summed E-state index contributed by atoms with van der Waals surface area (Å²) >= 11 is 3.47. The maximum absolute atomic E-state index is 4.30. The van der Waals surface area contributed by atoms with E-state index >= 15 is 0 Å². The van der Waals surface area contributed by atoms with Crippen LogP contribution in [0.2, 0.25) is 0 Å². The predicted octanol–water partition coefficient (Wildman–Crippen LogP) is 2.01. The average molecular weight is 215 g/mol. The molecular formula is C8H13N3S2. The van der Waals surface area contributed by atoms with Crippen LogP contribution in [0.1, 0.15) is 12.7 Å². The minimum atomic E-state index is 0.581. The highest BCUT2D eigenvalue weighted by molar-refractivity contribution is 7.99. The molecule has 1 aromatic rings. The van der Waals surface area contributed by atoms with E-state index in [1.165, 1.54) is 23.0 Å². The van der Waals surface area contributed by atoms with E-state index in [2.05, 4.69) is 21.6 Å². The lowest BCUT2D eigenvalue weighted by Crippen LogP contribution is -2.25. The number of aryl methyl sites for hydroxylation is 1. The van der Waals surface area contributed by atoms with Crippen molar-refractivity contribution < 1.29 is 0 Å². The van der Waals surface area contributed by atoms with Crippen LogP contribution in [-0.2, 0) is 0 Å². The number of nitrogens with zero attached hydrogens (tertiary/aromatic N) is 2. The lowest BCUT2D eigenvalue weighted by atomic mass is 10.1. The molecule has 0 radical (unpaired) electrons. The molecule has 3 nitrogen and oxygen atoms in total. The van der Waals surface area contributed by atoms with Crippen molar-refractivity contribution in [3.63, 3.8) is 0 Å². The third-order valence-corrected chi connectivity index (χ3v) is 4.30. The van der Waals surface area contributed by atoms with Gasteiger partial charge in [0.15, 0.2) is 0 Å². The van der Waals surface area contributed by atoms with Crippen LogP contribution in [0.15, 0.2) is 0 Å². The largest absolute Gasteiger partial charge is 0.356 e. The molecule has 1 aliphatic rings. The molecule has 0 spiro atoms. The Bertz CT molecular complexity index is 287. The van der Waals surface area contributed by atoms with Crippen LogP contribution in [0, 0.1) is 12.8 Å². The molecule has 0 bridgehead atoms. The van der Waals surface area contributed by atoms with Crippen molar-refractivity contribution in [1.29, 1.82) is 0 Å². The van der Waals surface area contributed by atoms with Gasteiger partial charge >= 0.3 is 0 Å². The van der Waals surface area contributed by atoms with Crippen molar-refractivity contribution in [2.24, 2.45) is 5.92 Å². The van der Waals surface area contributed by atoms with Gasteiger partial charge in [-0.05, 0) is 18.6 Å². The van der Waals surface area contributed by atoms with Crippen LogP contribution in [0.3, 0.4) is 0 Å². The van der Waals surface area contributed by atoms with Crippen molar-refractivity contribution in [1.82, 2.24) is 9.36 Å². The lowest BCUT2D eigenvalue weighted by Gasteiger charge is -2.14. The Kier molecular flexibility index (Phi) is 2.74. The maximum atomic E-state index is 4.30. The number of anilines is 1. The summed E-state index contributed by atoms with van der Waals surface area (Å²) in [5, 5.41) is 4.40. The van der Waals surface area contributed by atoms with Gasteiger partial charge in [0.25, 0.3) is 0 Å². The topological polar surface area (TPSA) is 37.8 Å². The second kappa shape index (κ2) is 3.84. The van der Waals surface area contributed by atoms with E-state index in [1.807, 2.05) is 18.7 Å². The van der Waals surface area contributed by atoms with E-state index in [0.29, 0.717) is 6.04 Å². The molecule has 0 aromatic carbocycles. The van der Waals surface area contributed by atoms with Crippen LogP contribution < -0.4 is 5.32 Å². The third-order valence-electron chi connectivity index (χ3n) is 2.20. The monoisotopic (exact) mass is 215 g/mol. The Morgan fingerprint density at radius 2 is 2.31 bits per heavy atom. The minimum Gasteiger partial charge on any atom is -0.356 e. The molecule has 1 saturated heterocycles. The number of rotatable bonds is 2. The molecule has 72 valence electrons. The van der Waals surface area contributed by atoms with E-state index in [-0.39, 0.29) is 0 Å². The molecule has 0 aliphatic carbocycles. The molecule has 0 saturated carbocycles. The summed E-state index contributed by atoms with van der Waals surface area (Å²) < 4.78 is 4.14. The summed E-state index contributed by atoms with van der Waals surface area (Å²) in [6, 6.07) is 0.581. The molecule has 1 fully saturated rings. The second-order valence-electron chi connectivity index (χ2n) is 3.41. The molecule has 2 heterocycles. The number of aromatic nitrogens is 2. The first kappa shape index (κ1) is 9.27. The Hall–Kier alpha value is -0.290. The summed E-state index contributed by atoms with van der Waals surface area (Å²) in [7, 11) is 0. The van der Waals surface area contributed by atoms with E-state index in [0.717, 1.165) is 16.9 Å². The van der Waals surface area contributed by atoms with Crippen molar-refractivity contribution in [3.05, 3.63) is 5.82 Å². The Morgan fingerprint density at radius 3 is 2.85 bits per heavy atom. The number of nitrogens with one attached hydrogen (secondary N) is 1. The van der Waals surface area contributed by atoms with Crippen molar-refractivity contribution in [2.45, 2.75) is 19.9 Å². The zero-order chi connectivity index (χ0) is 9.26. The average Bonchev–Trinajstić information content (AvgIpc) is 2.64. The van der Waals surface area contributed by atoms with Gasteiger partial charge < -0.3 is 5.32 Å². The number of thioether (sulfide) groups is 1. The van der Waals surface area contributed by atoms with Gasteiger partial charge in [0.2, 0.25) is 5.13 Å². The van der Waals surface area contributed by atoms with E-state index in [1.54, 1.807) is 0 Å². The highest BCUT2D eigenvalue weighted by Gasteiger charge is 2.24. The van der Waals surface area contributed by atoms with E-state index < -0.39 is 0 Å². The first-order chi connectivity index (χ1) is 6.25. The summed E-state index contributed by atoms with van der Waals surface area (Å²) in [4.78, 5) is 4.30. The van der Waals surface area contributed by atoms with Crippen LogP contribution in [0.25, 0.3) is 0 Å². The number of hydrogen-bond acceptors (Lipinski definition) is 5. The van der Waals surface area contributed by atoms with E-state index in [9.17, 15) is 0 Å². The van der Waals surface area contributed by atoms with Crippen LogP contribution in [0.5, 0.6) is 0 Å². The molecule has 2 unspecified atom stereocenters. The predicted molar refractivity (Wildman–Crippen MR) is 58.5 cm³/mol. The highest BCUT2D eigenvalue weighted by Crippen LogP contribution is 2.26. The Labute approximate surface area is 86.5 Å². The highest BCUT2D eigenvalue weighted by atomic mass is 32.2. The molecule has 1 aromatic heterocycles. The summed E-state index contributed by atoms with van der Waals surface area (Å²) in [5.41, 5.74) is 0. The van der Waals surface area contributed by atoms with Gasteiger partial charge in [-0.3, -0.25) is 0 Å². The van der Waals surface area contributed by atoms with E-state index in [4.69, 9.17) is 0 Å². The minimum absolute atomic E-state index is 0.581. The molecular weight excluding hydrogens is 202 g/mol. The van der Waals surface area contributed by atoms with Gasteiger partial charge in [0, 0.05) is 23.3 Å². The fourth-order valence-corrected chi connectivity index (χ4v) is 3.40. The van der Waals surface area contributed by atoms with Crippen LogP contribution >= 0.6 is 23.3 Å². The van der Waals surface area contributed by atoms with Crippen molar-refractivity contribution in [3.8, 4) is 0 Å². The molecule has 13 heavy (non-hydrogen) atoms. The fraction of sp³-hybridized carbons (Fsp3) is 0.750. The summed E-state index contributed by atoms with van der Waals surface area (Å²) in [6.07, 6.45) is 0. The second-order valence-corrected chi connectivity index (χ2v) is 5.24. The molecule has 0 amide bonds. The molecule has 1 aliphatic heterocycles. The zero-order valence-electron chi connectivity index (χ0n) is 7.78. The SMILES string of the molecule is Cc1nsc(NC2CSCC2C)n1. The maximum Gasteiger partial charge on any atom is 0.202 e. The first-order valence-electron chi connectivity index (χ1n) is 4.40. The van der Waals surface area contributed by atoms with Gasteiger partial charge in [-0.1, -0.05) is 6.92 Å².